The summed E-state index contributed by atoms with van der Waals surface area (Å²) in [6, 6.07) is 0. The molecule has 5 fully saturated rings. The van der Waals surface area contributed by atoms with E-state index in [0.717, 1.165) is 37.0 Å². The van der Waals surface area contributed by atoms with E-state index in [-0.39, 0.29) is 18.1 Å². The van der Waals surface area contributed by atoms with Gasteiger partial charge in [0.25, 0.3) is 5.91 Å². The van der Waals surface area contributed by atoms with Crippen molar-refractivity contribution in [3.8, 4) is 0 Å². The Morgan fingerprint density at radius 3 is 2.00 bits per heavy atom. The molecule has 5 aliphatic rings. The Labute approximate surface area is 146 Å². The third kappa shape index (κ3) is 2.66. The van der Waals surface area contributed by atoms with Gasteiger partial charge in [0.05, 0.1) is 0 Å². The maximum atomic E-state index is 12.3. The van der Waals surface area contributed by atoms with E-state index in [2.05, 4.69) is 5.32 Å². The van der Waals surface area contributed by atoms with Gasteiger partial charge < -0.3 is 10.1 Å². The predicted octanol–water partition coefficient (Wildman–Crippen LogP) is 3.20. The summed E-state index contributed by atoms with van der Waals surface area (Å²) in [5.41, 5.74) is -0.929. The van der Waals surface area contributed by atoms with Gasteiger partial charge in [-0.3, -0.25) is 9.59 Å². The molecule has 0 radical (unpaired) electrons. The number of halogens is 2. The second-order valence-electron chi connectivity index (χ2n) is 8.54. The molecule has 128 valence electrons. The zero-order valence-corrected chi connectivity index (χ0v) is 14.9. The van der Waals surface area contributed by atoms with Gasteiger partial charge in [-0.1, -0.05) is 0 Å². The van der Waals surface area contributed by atoms with Crippen LogP contribution in [0.15, 0.2) is 0 Å². The van der Waals surface area contributed by atoms with Gasteiger partial charge in [0.2, 0.25) is 0 Å². The van der Waals surface area contributed by atoms with Crippen molar-refractivity contribution in [3.05, 3.63) is 0 Å². The van der Waals surface area contributed by atoms with Crippen molar-refractivity contribution < 1.29 is 14.3 Å². The number of rotatable bonds is 4. The van der Waals surface area contributed by atoms with Gasteiger partial charge in [0.1, 0.15) is 9.75 Å². The second-order valence-corrected chi connectivity index (χ2v) is 10.0. The van der Waals surface area contributed by atoms with Crippen LogP contribution in [0.1, 0.15) is 51.9 Å². The molecule has 1 atom stereocenters. The van der Waals surface area contributed by atoms with Crippen LogP contribution < -0.4 is 5.32 Å². The number of amides is 1. The Morgan fingerprint density at radius 1 is 1.09 bits per heavy atom. The van der Waals surface area contributed by atoms with Crippen LogP contribution >= 0.6 is 23.2 Å². The molecule has 0 saturated heterocycles. The second kappa shape index (κ2) is 5.01. The molecule has 0 aromatic heterocycles. The van der Waals surface area contributed by atoms with Crippen molar-refractivity contribution in [2.45, 2.75) is 61.7 Å². The molecular weight excluding hydrogens is 337 g/mol. The number of carbonyl (C=O) groups excluding carboxylic acids is 2. The summed E-state index contributed by atoms with van der Waals surface area (Å²) >= 11 is 11.9. The first-order valence-electron chi connectivity index (χ1n) is 8.57. The van der Waals surface area contributed by atoms with E-state index < -0.39 is 15.7 Å². The Hall–Kier alpha value is -0.480. The minimum Gasteiger partial charge on any atom is -0.455 e. The maximum absolute atomic E-state index is 12.3. The minimum atomic E-state index is -1.06. The summed E-state index contributed by atoms with van der Waals surface area (Å²) in [5, 5.41) is 3.19. The van der Waals surface area contributed by atoms with Crippen LogP contribution in [0, 0.1) is 23.2 Å². The molecule has 6 heteroatoms. The molecule has 4 nitrogen and oxygen atoms in total. The van der Waals surface area contributed by atoms with Crippen LogP contribution in [0.4, 0.5) is 0 Å². The van der Waals surface area contributed by atoms with Crippen LogP contribution in [0.25, 0.3) is 0 Å². The van der Waals surface area contributed by atoms with Gasteiger partial charge in [0, 0.05) is 12.0 Å². The van der Waals surface area contributed by atoms with E-state index >= 15 is 0 Å². The van der Waals surface area contributed by atoms with E-state index in [1.54, 1.807) is 6.92 Å². The van der Waals surface area contributed by atoms with Crippen molar-refractivity contribution >= 4 is 35.1 Å². The maximum Gasteiger partial charge on any atom is 0.315 e. The summed E-state index contributed by atoms with van der Waals surface area (Å²) in [6.07, 6.45) is 7.62. The molecule has 5 aliphatic carbocycles. The molecule has 5 saturated carbocycles. The summed E-state index contributed by atoms with van der Waals surface area (Å²) < 4.78 is 4.11. The van der Waals surface area contributed by atoms with Gasteiger partial charge in [-0.25, -0.2) is 0 Å². The van der Waals surface area contributed by atoms with Gasteiger partial charge in [-0.15, -0.1) is 23.2 Å². The first kappa shape index (κ1) is 16.0. The summed E-state index contributed by atoms with van der Waals surface area (Å²) in [7, 11) is 0. The molecule has 1 N–H and O–H groups in total. The summed E-state index contributed by atoms with van der Waals surface area (Å²) in [4.78, 5) is 24.3. The van der Waals surface area contributed by atoms with Crippen LogP contribution in [0.3, 0.4) is 0 Å². The third-order valence-corrected chi connectivity index (χ3v) is 7.59. The fourth-order valence-electron chi connectivity index (χ4n) is 5.51. The molecule has 0 heterocycles. The molecule has 4 bridgehead atoms. The molecule has 1 amide bonds. The lowest BCUT2D eigenvalue weighted by atomic mass is 9.53. The molecule has 0 aliphatic heterocycles. The lowest BCUT2D eigenvalue weighted by molar-refractivity contribution is -0.154. The minimum absolute atomic E-state index is 0.0511. The molecule has 5 rings (SSSR count). The van der Waals surface area contributed by atoms with Crippen LogP contribution in [0.5, 0.6) is 0 Å². The Balaban J connectivity index is 1.32. The van der Waals surface area contributed by atoms with Gasteiger partial charge in [-0.05, 0) is 63.2 Å². The van der Waals surface area contributed by atoms with Crippen LogP contribution in [-0.4, -0.2) is 28.4 Å². The highest BCUT2D eigenvalue weighted by Gasteiger charge is 2.69. The average Bonchev–Trinajstić information content (AvgIpc) is 2.94. The summed E-state index contributed by atoms with van der Waals surface area (Å²) in [6.45, 7) is 1.44. The van der Waals surface area contributed by atoms with Crippen molar-refractivity contribution in [2.75, 3.05) is 6.61 Å². The number of alkyl halides is 2. The molecule has 0 spiro atoms. The number of nitrogens with one attached hydrogen (secondary N) is 1. The molecule has 23 heavy (non-hydrogen) atoms. The number of hydrogen-bond acceptors (Lipinski definition) is 3. The standard InChI is InChI=1S/C17H23Cl2NO3/c1-15(9-17(15,18)19)14(22)23-8-13(21)20-16-5-10-2-11(6-16)4-12(3-10)7-16/h10-12H,2-9H2,1H3,(H,20,21)/t10?,11?,12?,15-,16?/m0/s1. The van der Waals surface area contributed by atoms with E-state index in [1.807, 2.05) is 0 Å². The van der Waals surface area contributed by atoms with E-state index in [1.165, 1.54) is 19.3 Å². The van der Waals surface area contributed by atoms with Crippen molar-refractivity contribution in [1.82, 2.24) is 5.32 Å². The average molecular weight is 360 g/mol. The fraction of sp³-hybridized carbons (Fsp3) is 0.882. The zero-order valence-electron chi connectivity index (χ0n) is 13.4. The van der Waals surface area contributed by atoms with Crippen molar-refractivity contribution in [3.63, 3.8) is 0 Å². The number of hydrogen-bond donors (Lipinski definition) is 1. The zero-order chi connectivity index (χ0) is 16.5. The highest BCUT2D eigenvalue weighted by atomic mass is 35.5. The monoisotopic (exact) mass is 359 g/mol. The molecule has 0 aromatic carbocycles. The first-order valence-corrected chi connectivity index (χ1v) is 9.33. The van der Waals surface area contributed by atoms with Crippen molar-refractivity contribution in [2.24, 2.45) is 23.2 Å². The highest BCUT2D eigenvalue weighted by molar-refractivity contribution is 6.53. The molecule has 0 unspecified atom stereocenters. The lowest BCUT2D eigenvalue weighted by Crippen LogP contribution is -2.60. The van der Waals surface area contributed by atoms with Gasteiger partial charge in [-0.2, -0.15) is 0 Å². The van der Waals surface area contributed by atoms with E-state index in [9.17, 15) is 9.59 Å². The molecule has 0 aromatic rings. The normalized spacial score (nSPS) is 45.6. The smallest absolute Gasteiger partial charge is 0.315 e. The largest absolute Gasteiger partial charge is 0.455 e. The van der Waals surface area contributed by atoms with E-state index in [0.29, 0.717) is 6.42 Å². The van der Waals surface area contributed by atoms with Crippen molar-refractivity contribution in [1.29, 1.82) is 0 Å². The van der Waals surface area contributed by atoms with Gasteiger partial charge in [0.15, 0.2) is 6.61 Å². The van der Waals surface area contributed by atoms with Crippen LogP contribution in [-0.2, 0) is 14.3 Å². The summed E-state index contributed by atoms with van der Waals surface area (Å²) in [5.74, 6) is 1.62. The third-order valence-electron chi connectivity index (χ3n) is 6.49. The quantitative estimate of drug-likeness (QED) is 0.619. The Kier molecular flexibility index (Phi) is 3.49. The first-order chi connectivity index (χ1) is 10.7. The fourth-order valence-corrected chi connectivity index (χ4v) is 6.20. The number of ether oxygens (including phenoxy) is 1. The topological polar surface area (TPSA) is 55.4 Å². The number of esters is 1. The Morgan fingerprint density at radius 2 is 1.57 bits per heavy atom. The predicted molar refractivity (Wildman–Crippen MR) is 87.2 cm³/mol. The van der Waals surface area contributed by atoms with E-state index in [4.69, 9.17) is 27.9 Å². The van der Waals surface area contributed by atoms with Crippen LogP contribution in [0.2, 0.25) is 0 Å². The highest BCUT2D eigenvalue weighted by Crippen LogP contribution is 2.64. The Bertz CT molecular complexity index is 527. The SMILES string of the molecule is C[C@@]1(C(=O)OCC(=O)NC23CC4CC(CC(C4)C2)C3)CC1(Cl)Cl. The lowest BCUT2D eigenvalue weighted by Gasteiger charge is -2.56. The molecular formula is C17H23Cl2NO3. The van der Waals surface area contributed by atoms with Gasteiger partial charge >= 0.3 is 5.97 Å². The number of carbonyl (C=O) groups is 2.